The van der Waals surface area contributed by atoms with E-state index in [-0.39, 0.29) is 30.4 Å². The molecule has 1 heterocycles. The third-order valence-corrected chi connectivity index (χ3v) is 4.22. The van der Waals surface area contributed by atoms with Gasteiger partial charge in [0, 0.05) is 12.6 Å². The summed E-state index contributed by atoms with van der Waals surface area (Å²) < 4.78 is 5.63. The molecule has 1 aliphatic heterocycles. The number of nitrogens with zero attached hydrogens (tertiary/aromatic N) is 2. The maximum atomic E-state index is 12.5. The lowest BCUT2D eigenvalue weighted by atomic mass is 10.0. The van der Waals surface area contributed by atoms with Crippen molar-refractivity contribution >= 4 is 11.7 Å². The minimum atomic E-state index is 0.0347. The summed E-state index contributed by atoms with van der Waals surface area (Å²) in [6.07, 6.45) is 7.92. The summed E-state index contributed by atoms with van der Waals surface area (Å²) in [5.74, 6) is 0.158. The van der Waals surface area contributed by atoms with E-state index < -0.39 is 0 Å². The zero-order valence-corrected chi connectivity index (χ0v) is 12.0. The number of hydrogen-bond acceptors (Lipinski definition) is 4. The van der Waals surface area contributed by atoms with Crippen molar-refractivity contribution in [2.24, 2.45) is 10.9 Å². The van der Waals surface area contributed by atoms with Gasteiger partial charge in [-0.05, 0) is 32.1 Å². The minimum absolute atomic E-state index is 0.0347. The molecule has 0 radical (unpaired) electrons. The molecule has 0 bridgehead atoms. The van der Waals surface area contributed by atoms with Crippen LogP contribution in [0.2, 0.25) is 0 Å². The van der Waals surface area contributed by atoms with Crippen LogP contribution in [0.4, 0.5) is 0 Å². The quantitative estimate of drug-likeness (QED) is 0.346. The monoisotopic (exact) mass is 283 g/mol. The molecule has 0 aromatic heterocycles. The number of oxime groups is 1. The van der Waals surface area contributed by atoms with E-state index >= 15 is 0 Å². The number of rotatable bonds is 5. The molecule has 1 amide bonds. The Bertz CT molecular complexity index is 348. The van der Waals surface area contributed by atoms with Crippen LogP contribution in [0, 0.1) is 0 Å². The van der Waals surface area contributed by atoms with Crippen molar-refractivity contribution in [3.8, 4) is 0 Å². The van der Waals surface area contributed by atoms with Crippen LogP contribution in [0.5, 0.6) is 0 Å². The highest BCUT2D eigenvalue weighted by Crippen LogP contribution is 2.25. The van der Waals surface area contributed by atoms with Crippen LogP contribution >= 0.6 is 0 Å². The maximum absolute atomic E-state index is 12.5. The van der Waals surface area contributed by atoms with Crippen LogP contribution in [0.25, 0.3) is 0 Å². The normalized spacial score (nSPS) is 24.8. The molecule has 6 nitrogen and oxygen atoms in total. The fraction of sp³-hybridized carbons (Fsp3) is 0.857. The van der Waals surface area contributed by atoms with Crippen LogP contribution in [0.15, 0.2) is 5.16 Å². The average molecular weight is 283 g/mol. The average Bonchev–Trinajstić information content (AvgIpc) is 2.99. The number of ether oxygens (including phenoxy) is 1. The number of nitrogens with two attached hydrogens (primary N) is 1. The van der Waals surface area contributed by atoms with E-state index in [2.05, 4.69) is 5.16 Å². The molecule has 2 rings (SSSR count). The van der Waals surface area contributed by atoms with Gasteiger partial charge < -0.3 is 20.6 Å². The van der Waals surface area contributed by atoms with Crippen molar-refractivity contribution in [1.29, 1.82) is 0 Å². The van der Waals surface area contributed by atoms with Crippen LogP contribution in [0.3, 0.4) is 0 Å². The highest BCUT2D eigenvalue weighted by Gasteiger charge is 2.29. The third kappa shape index (κ3) is 4.10. The van der Waals surface area contributed by atoms with E-state index in [9.17, 15) is 4.79 Å². The highest BCUT2D eigenvalue weighted by atomic mass is 16.5. The van der Waals surface area contributed by atoms with Crippen LogP contribution < -0.4 is 5.73 Å². The zero-order chi connectivity index (χ0) is 14.4. The molecule has 0 aromatic rings. The van der Waals surface area contributed by atoms with E-state index in [1.54, 1.807) is 4.90 Å². The van der Waals surface area contributed by atoms with Gasteiger partial charge in [0.1, 0.15) is 0 Å². The molecule has 1 atom stereocenters. The molecule has 20 heavy (non-hydrogen) atoms. The van der Waals surface area contributed by atoms with Gasteiger partial charge in [0.25, 0.3) is 0 Å². The summed E-state index contributed by atoms with van der Waals surface area (Å²) in [6, 6.07) is 0.228. The third-order valence-electron chi connectivity index (χ3n) is 4.22. The SMILES string of the molecule is NC(CN(C(=O)CC1CCCCO1)C1CCCC1)=NO. The molecule has 1 aliphatic carbocycles. The zero-order valence-electron chi connectivity index (χ0n) is 12.0. The van der Waals surface area contributed by atoms with Crippen LogP contribution in [0.1, 0.15) is 51.4 Å². The van der Waals surface area contributed by atoms with Crippen LogP contribution in [-0.4, -0.2) is 47.1 Å². The molecular formula is C14H25N3O3. The first-order chi connectivity index (χ1) is 9.70. The van der Waals surface area contributed by atoms with Crippen molar-refractivity contribution in [2.45, 2.75) is 63.5 Å². The van der Waals surface area contributed by atoms with Gasteiger partial charge in [-0.1, -0.05) is 18.0 Å². The first-order valence-electron chi connectivity index (χ1n) is 7.58. The predicted octanol–water partition coefficient (Wildman–Crippen LogP) is 1.46. The lowest BCUT2D eigenvalue weighted by molar-refractivity contribution is -0.136. The van der Waals surface area contributed by atoms with Gasteiger partial charge in [-0.2, -0.15) is 0 Å². The molecule has 1 unspecified atom stereocenters. The fourth-order valence-electron chi connectivity index (χ4n) is 3.12. The molecule has 114 valence electrons. The van der Waals surface area contributed by atoms with Gasteiger partial charge in [0.15, 0.2) is 5.84 Å². The Balaban J connectivity index is 1.94. The Hall–Kier alpha value is -1.30. The number of hydrogen-bond donors (Lipinski definition) is 2. The Morgan fingerprint density at radius 2 is 1.95 bits per heavy atom. The van der Waals surface area contributed by atoms with Gasteiger partial charge in [0.05, 0.1) is 19.1 Å². The Morgan fingerprint density at radius 3 is 2.55 bits per heavy atom. The Kier molecular flexibility index (Phi) is 5.64. The first kappa shape index (κ1) is 15.1. The molecule has 6 heteroatoms. The first-order valence-corrected chi connectivity index (χ1v) is 7.58. The minimum Gasteiger partial charge on any atom is -0.409 e. The van der Waals surface area contributed by atoms with Gasteiger partial charge >= 0.3 is 0 Å². The van der Waals surface area contributed by atoms with Crippen molar-refractivity contribution in [1.82, 2.24) is 4.90 Å². The van der Waals surface area contributed by atoms with E-state index in [1.165, 1.54) is 0 Å². The summed E-state index contributed by atoms with van der Waals surface area (Å²) in [7, 11) is 0. The van der Waals surface area contributed by atoms with Crippen molar-refractivity contribution in [3.05, 3.63) is 0 Å². The Labute approximate surface area is 119 Å². The number of amidine groups is 1. The molecular weight excluding hydrogens is 258 g/mol. The van der Waals surface area contributed by atoms with Gasteiger partial charge in [-0.25, -0.2) is 0 Å². The molecule has 3 N–H and O–H groups in total. The number of carbonyl (C=O) groups is 1. The van der Waals surface area contributed by atoms with Crippen molar-refractivity contribution in [2.75, 3.05) is 13.2 Å². The second-order valence-electron chi connectivity index (χ2n) is 5.74. The largest absolute Gasteiger partial charge is 0.409 e. The summed E-state index contributed by atoms with van der Waals surface area (Å²) in [6.45, 7) is 0.967. The lowest BCUT2D eigenvalue weighted by Crippen LogP contribution is -2.45. The smallest absolute Gasteiger partial charge is 0.225 e. The van der Waals surface area contributed by atoms with Crippen molar-refractivity contribution < 1.29 is 14.7 Å². The van der Waals surface area contributed by atoms with Gasteiger partial charge in [0.2, 0.25) is 5.91 Å². The molecule has 0 aromatic carbocycles. The van der Waals surface area contributed by atoms with E-state index in [0.29, 0.717) is 6.42 Å². The fourth-order valence-corrected chi connectivity index (χ4v) is 3.12. The highest BCUT2D eigenvalue weighted by molar-refractivity contribution is 5.87. The molecule has 2 aliphatic rings. The summed E-state index contributed by atoms with van der Waals surface area (Å²) in [5, 5.41) is 11.7. The second-order valence-corrected chi connectivity index (χ2v) is 5.74. The predicted molar refractivity (Wildman–Crippen MR) is 75.6 cm³/mol. The van der Waals surface area contributed by atoms with Gasteiger partial charge in [-0.15, -0.1) is 0 Å². The summed E-state index contributed by atoms with van der Waals surface area (Å²) in [5.41, 5.74) is 5.59. The maximum Gasteiger partial charge on any atom is 0.225 e. The van der Waals surface area contributed by atoms with E-state index in [0.717, 1.165) is 51.6 Å². The molecule has 2 fully saturated rings. The van der Waals surface area contributed by atoms with Crippen LogP contribution in [-0.2, 0) is 9.53 Å². The summed E-state index contributed by atoms with van der Waals surface area (Å²) in [4.78, 5) is 14.3. The number of amides is 1. The molecule has 1 saturated carbocycles. The standard InChI is InChI=1S/C14H25N3O3/c15-13(16-19)10-17(11-5-1-2-6-11)14(18)9-12-7-3-4-8-20-12/h11-12,19H,1-10H2,(H2,15,16). The van der Waals surface area contributed by atoms with E-state index in [1.807, 2.05) is 0 Å². The van der Waals surface area contributed by atoms with E-state index in [4.69, 9.17) is 15.7 Å². The van der Waals surface area contributed by atoms with Gasteiger partial charge in [-0.3, -0.25) is 4.79 Å². The lowest BCUT2D eigenvalue weighted by Gasteiger charge is -2.31. The Morgan fingerprint density at radius 1 is 1.25 bits per heavy atom. The topological polar surface area (TPSA) is 88.2 Å². The summed E-state index contributed by atoms with van der Waals surface area (Å²) >= 11 is 0. The number of carbonyl (C=O) groups excluding carboxylic acids is 1. The second kappa shape index (κ2) is 7.47. The van der Waals surface area contributed by atoms with Crippen molar-refractivity contribution in [3.63, 3.8) is 0 Å². The molecule has 1 saturated heterocycles. The molecule has 0 spiro atoms.